The van der Waals surface area contributed by atoms with Crippen LogP contribution in [0.1, 0.15) is 105 Å². The topological polar surface area (TPSA) is 223 Å². The van der Waals surface area contributed by atoms with Crippen LogP contribution in [0.3, 0.4) is 0 Å². The van der Waals surface area contributed by atoms with E-state index in [1.807, 2.05) is 34.6 Å². The van der Waals surface area contributed by atoms with E-state index in [1.165, 1.54) is 42.5 Å². The van der Waals surface area contributed by atoms with Gasteiger partial charge in [-0.2, -0.15) is 0 Å². The Morgan fingerprint density at radius 2 is 0.606 bits per heavy atom. The van der Waals surface area contributed by atoms with Crippen molar-refractivity contribution in [1.29, 1.82) is 0 Å². The highest BCUT2D eigenvalue weighted by molar-refractivity contribution is 7.62. The monoisotopic (exact) mass is 998 g/mol. The number of rotatable bonds is 27. The fourth-order valence-electron chi connectivity index (χ4n) is 7.35. The van der Waals surface area contributed by atoms with E-state index >= 15 is 0 Å². The molecule has 0 aliphatic rings. The quantitative estimate of drug-likeness (QED) is 0.0412. The van der Waals surface area contributed by atoms with Crippen molar-refractivity contribution >= 4 is 51.6 Å². The van der Waals surface area contributed by atoms with Gasteiger partial charge in [0.25, 0.3) is 0 Å². The van der Waals surface area contributed by atoms with Gasteiger partial charge in [-0.25, -0.2) is 0 Å². The molecule has 0 aliphatic heterocycles. The van der Waals surface area contributed by atoms with E-state index in [0.717, 1.165) is 28.4 Å². The molecule has 4 unspecified atom stereocenters. The summed E-state index contributed by atoms with van der Waals surface area (Å²) in [7, 11) is -12.9. The van der Waals surface area contributed by atoms with Crippen molar-refractivity contribution in [1.82, 2.24) is 0 Å². The molecule has 366 valence electrons. The molecule has 20 heteroatoms. The zero-order chi connectivity index (χ0) is 49.0. The lowest BCUT2D eigenvalue weighted by Crippen LogP contribution is -2.17. The van der Waals surface area contributed by atoms with Gasteiger partial charge in [0.2, 0.25) is 0 Å². The summed E-state index contributed by atoms with van der Waals surface area (Å²) in [6.07, 6.45) is 2.85. The Hall–Kier alpha value is -3.32. The maximum absolute atomic E-state index is 13.8. The van der Waals surface area contributed by atoms with Crippen LogP contribution in [0.15, 0.2) is 48.5 Å². The zero-order valence-corrected chi connectivity index (χ0v) is 43.2. The Kier molecular flexibility index (Phi) is 20.4. The Morgan fingerprint density at radius 3 is 0.864 bits per heavy atom. The summed E-state index contributed by atoms with van der Waals surface area (Å²) < 4.78 is 99.9. The Labute approximate surface area is 389 Å². The Balaban J connectivity index is 2.13. The van der Waals surface area contributed by atoms with Crippen molar-refractivity contribution in [3.8, 4) is 23.0 Å². The molecule has 0 radical (unpaired) electrons. The van der Waals surface area contributed by atoms with E-state index in [2.05, 4.69) is 0 Å². The highest BCUT2D eigenvalue weighted by atomic mass is 31.2. The summed E-state index contributed by atoms with van der Waals surface area (Å²) in [5.74, 6) is 1.59. The van der Waals surface area contributed by atoms with Crippen LogP contribution in [0, 0.1) is 6.92 Å². The third kappa shape index (κ3) is 13.5. The molecule has 4 aromatic rings. The SMILES string of the molecule is CCCOc1c(C)cc(P(=O)(O)OC)cc1Cc1cc(P(=O)(O)OC)cc(Cc2cc(P(=O)(O)OC)cc(Cc3cc(P(=O)(O)OC)cc(CC)c3OCCC)c2OCCC)c1OCCC. The van der Waals surface area contributed by atoms with Gasteiger partial charge >= 0.3 is 30.4 Å². The average molecular weight is 999 g/mol. The van der Waals surface area contributed by atoms with Gasteiger partial charge in [-0.3, -0.25) is 18.3 Å². The van der Waals surface area contributed by atoms with Gasteiger partial charge in [0, 0.05) is 47.7 Å². The van der Waals surface area contributed by atoms with Crippen LogP contribution in [0.25, 0.3) is 0 Å². The van der Waals surface area contributed by atoms with Gasteiger partial charge < -0.3 is 56.6 Å². The maximum Gasteiger partial charge on any atom is 0.358 e. The van der Waals surface area contributed by atoms with Crippen LogP contribution in [-0.4, -0.2) is 74.4 Å². The first kappa shape index (κ1) is 55.3. The van der Waals surface area contributed by atoms with Gasteiger partial charge in [0.05, 0.1) is 47.6 Å². The summed E-state index contributed by atoms with van der Waals surface area (Å²) >= 11 is 0. The molecule has 0 saturated heterocycles. The molecule has 0 spiro atoms. The van der Waals surface area contributed by atoms with E-state index in [0.29, 0.717) is 113 Å². The summed E-state index contributed by atoms with van der Waals surface area (Å²) in [6.45, 7) is 12.5. The standard InChI is InChI=1S/C46H66O16P4/c1-11-16-59-43-31(6)20-39(63(47,48)55-7)25-33(43)21-35-27-41(65(51,52)57-9)29-37(45(35)61-18-13-3)23-38-30-42(66(53,54)58-10)28-36(46(38)62-19-14-4)22-34-26-40(64(49,50)56-8)24-32(15-5)44(34)60-17-12-2/h20,24-30H,11-19,21-23H2,1-10H3,(H,47,48)(H,49,50)(H,51,52)(H,53,54). The van der Waals surface area contributed by atoms with Gasteiger partial charge in [0.15, 0.2) is 0 Å². The molecular weight excluding hydrogens is 932 g/mol. The van der Waals surface area contributed by atoms with Crippen molar-refractivity contribution in [2.75, 3.05) is 54.9 Å². The lowest BCUT2D eigenvalue weighted by Gasteiger charge is -2.24. The molecule has 4 rings (SSSR count). The number of hydrogen-bond donors (Lipinski definition) is 4. The summed E-state index contributed by atoms with van der Waals surface area (Å²) in [5, 5.41) is -0.103. The van der Waals surface area contributed by atoms with E-state index in [4.69, 9.17) is 37.0 Å². The molecule has 0 saturated carbocycles. The van der Waals surface area contributed by atoms with Crippen molar-refractivity contribution in [3.63, 3.8) is 0 Å². The summed E-state index contributed by atoms with van der Waals surface area (Å²) in [4.78, 5) is 44.1. The molecular formula is C46H66O16P4. The van der Waals surface area contributed by atoms with E-state index in [1.54, 1.807) is 13.0 Å². The van der Waals surface area contributed by atoms with E-state index in [-0.39, 0.29) is 53.7 Å². The zero-order valence-electron chi connectivity index (χ0n) is 39.6. The third-order valence-electron chi connectivity index (χ3n) is 10.6. The number of benzene rings is 4. The first-order chi connectivity index (χ1) is 31.2. The molecule has 0 fully saturated rings. The fraction of sp³-hybridized carbons (Fsp3) is 0.478. The highest BCUT2D eigenvalue weighted by Gasteiger charge is 2.31. The predicted molar refractivity (Wildman–Crippen MR) is 257 cm³/mol. The molecule has 0 aromatic heterocycles. The van der Waals surface area contributed by atoms with E-state index < -0.39 is 30.4 Å². The summed E-state index contributed by atoms with van der Waals surface area (Å²) in [6, 6.07) is 12.2. The first-order valence-corrected chi connectivity index (χ1v) is 28.2. The van der Waals surface area contributed by atoms with Crippen LogP contribution in [0.5, 0.6) is 23.0 Å². The largest absolute Gasteiger partial charge is 0.493 e. The van der Waals surface area contributed by atoms with Gasteiger partial charge in [-0.05, 0) is 132 Å². The van der Waals surface area contributed by atoms with Gasteiger partial charge in [0.1, 0.15) is 23.0 Å². The smallest absolute Gasteiger partial charge is 0.358 e. The molecule has 16 nitrogen and oxygen atoms in total. The second kappa shape index (κ2) is 24.3. The minimum atomic E-state index is -4.48. The number of ether oxygens (including phenoxy) is 4. The predicted octanol–water partition coefficient (Wildman–Crippen LogP) is 8.31. The Bertz CT molecular complexity index is 2510. The first-order valence-electron chi connectivity index (χ1n) is 21.9. The van der Waals surface area contributed by atoms with Crippen LogP contribution in [0.2, 0.25) is 0 Å². The Morgan fingerprint density at radius 1 is 0.379 bits per heavy atom. The average Bonchev–Trinajstić information content (AvgIpc) is 3.29. The molecule has 0 heterocycles. The number of hydrogen-bond acceptors (Lipinski definition) is 12. The second-order valence-corrected chi connectivity index (χ2v) is 23.3. The molecule has 4 atom stereocenters. The minimum Gasteiger partial charge on any atom is -0.493 e. The number of aryl methyl sites for hydroxylation is 2. The van der Waals surface area contributed by atoms with Crippen LogP contribution < -0.4 is 40.2 Å². The van der Waals surface area contributed by atoms with Crippen LogP contribution in [0.4, 0.5) is 0 Å². The molecule has 4 aromatic carbocycles. The van der Waals surface area contributed by atoms with Gasteiger partial charge in [-0.15, -0.1) is 0 Å². The fourth-order valence-corrected chi connectivity index (χ4v) is 10.8. The normalized spacial score (nSPS) is 15.3. The maximum atomic E-state index is 13.8. The second-order valence-electron chi connectivity index (χ2n) is 15.6. The highest BCUT2D eigenvalue weighted by Crippen LogP contribution is 2.47. The van der Waals surface area contributed by atoms with Crippen molar-refractivity contribution in [2.24, 2.45) is 0 Å². The molecule has 4 N–H and O–H groups in total. The molecule has 0 aliphatic carbocycles. The van der Waals surface area contributed by atoms with Crippen LogP contribution in [-0.2, 0) is 62.0 Å². The minimum absolute atomic E-state index is 0.000379. The lowest BCUT2D eigenvalue weighted by atomic mass is 9.93. The summed E-state index contributed by atoms with van der Waals surface area (Å²) in [5.41, 5.74) is 3.80. The van der Waals surface area contributed by atoms with Crippen molar-refractivity contribution in [3.05, 3.63) is 93.0 Å². The van der Waals surface area contributed by atoms with Crippen molar-refractivity contribution < 1.29 is 74.9 Å². The van der Waals surface area contributed by atoms with Crippen LogP contribution >= 0.6 is 30.4 Å². The lowest BCUT2D eigenvalue weighted by molar-refractivity contribution is 0.306. The van der Waals surface area contributed by atoms with Crippen molar-refractivity contribution in [2.45, 2.75) is 92.9 Å². The molecule has 0 bridgehead atoms. The molecule has 66 heavy (non-hydrogen) atoms. The third-order valence-corrected chi connectivity index (χ3v) is 16.3. The van der Waals surface area contributed by atoms with E-state index in [9.17, 15) is 37.8 Å². The van der Waals surface area contributed by atoms with Gasteiger partial charge in [-0.1, -0.05) is 34.6 Å². The molecule has 0 amide bonds.